The minimum absolute atomic E-state index is 0.358. The Morgan fingerprint density at radius 2 is 1.72 bits per heavy atom. The van der Waals surface area contributed by atoms with Gasteiger partial charge in [-0.15, -0.1) is 0 Å². The summed E-state index contributed by atoms with van der Waals surface area (Å²) in [5.74, 6) is -0.340. The molecular formula is C20H23NO4. The van der Waals surface area contributed by atoms with E-state index >= 15 is 0 Å². The van der Waals surface area contributed by atoms with Crippen LogP contribution < -0.4 is 10.1 Å². The summed E-state index contributed by atoms with van der Waals surface area (Å²) >= 11 is 0. The average Bonchev–Trinajstić information content (AvgIpc) is 2.66. The van der Waals surface area contributed by atoms with Crippen molar-refractivity contribution < 1.29 is 19.1 Å². The van der Waals surface area contributed by atoms with Gasteiger partial charge in [-0.05, 0) is 24.1 Å². The number of benzene rings is 2. The van der Waals surface area contributed by atoms with Gasteiger partial charge in [-0.2, -0.15) is 0 Å². The lowest BCUT2D eigenvalue weighted by molar-refractivity contribution is -0.142. The van der Waals surface area contributed by atoms with Gasteiger partial charge in [0.05, 0.1) is 19.3 Å². The first-order valence-corrected chi connectivity index (χ1v) is 8.30. The zero-order chi connectivity index (χ0) is 18.1. The van der Waals surface area contributed by atoms with Crippen molar-refractivity contribution >= 4 is 11.9 Å². The lowest BCUT2D eigenvalue weighted by Crippen LogP contribution is -2.43. The maximum absolute atomic E-state index is 12.7. The molecule has 0 heterocycles. The molecule has 0 saturated heterocycles. The fourth-order valence-corrected chi connectivity index (χ4v) is 2.41. The lowest BCUT2D eigenvalue weighted by atomic mass is 10.1. The summed E-state index contributed by atoms with van der Waals surface area (Å²) < 4.78 is 10.4. The second kappa shape index (κ2) is 9.47. The van der Waals surface area contributed by atoms with Crippen LogP contribution in [0.25, 0.3) is 0 Å². The van der Waals surface area contributed by atoms with Gasteiger partial charge in [0, 0.05) is 6.42 Å². The molecule has 5 heteroatoms. The molecule has 0 aliphatic rings. The highest BCUT2D eigenvalue weighted by atomic mass is 16.5. The van der Waals surface area contributed by atoms with Crippen molar-refractivity contribution in [2.75, 3.05) is 13.7 Å². The lowest BCUT2D eigenvalue weighted by Gasteiger charge is -2.18. The van der Waals surface area contributed by atoms with Crippen LogP contribution in [0.5, 0.6) is 5.75 Å². The Hall–Kier alpha value is -2.82. The smallest absolute Gasteiger partial charge is 0.328 e. The van der Waals surface area contributed by atoms with E-state index in [-0.39, 0.29) is 5.91 Å². The predicted molar refractivity (Wildman–Crippen MR) is 95.6 cm³/mol. The highest BCUT2D eigenvalue weighted by Gasteiger charge is 2.24. The van der Waals surface area contributed by atoms with Crippen molar-refractivity contribution in [2.45, 2.75) is 25.8 Å². The number of carbonyl (C=O) groups excluding carboxylic acids is 2. The van der Waals surface area contributed by atoms with Gasteiger partial charge in [-0.3, -0.25) is 4.79 Å². The number of hydrogen-bond acceptors (Lipinski definition) is 4. The number of methoxy groups -OCH3 is 1. The number of ether oxygens (including phenoxy) is 2. The molecule has 2 aromatic rings. The third-order valence-corrected chi connectivity index (χ3v) is 3.67. The molecule has 1 atom stereocenters. The Morgan fingerprint density at radius 3 is 2.40 bits per heavy atom. The Labute approximate surface area is 148 Å². The molecule has 1 amide bonds. The second-order valence-electron chi connectivity index (χ2n) is 5.58. The van der Waals surface area contributed by atoms with E-state index in [1.807, 2.05) is 43.3 Å². The van der Waals surface area contributed by atoms with Gasteiger partial charge in [-0.25, -0.2) is 4.79 Å². The van der Waals surface area contributed by atoms with Crippen molar-refractivity contribution in [2.24, 2.45) is 0 Å². The quantitative estimate of drug-likeness (QED) is 0.750. The van der Waals surface area contributed by atoms with Gasteiger partial charge in [-0.1, -0.05) is 49.4 Å². The van der Waals surface area contributed by atoms with E-state index in [0.717, 1.165) is 12.0 Å². The number of rotatable bonds is 8. The molecule has 5 nitrogen and oxygen atoms in total. The summed E-state index contributed by atoms with van der Waals surface area (Å²) in [6.07, 6.45) is 1.20. The Morgan fingerprint density at radius 1 is 1.04 bits per heavy atom. The summed E-state index contributed by atoms with van der Waals surface area (Å²) in [4.78, 5) is 24.7. The molecule has 0 saturated carbocycles. The third-order valence-electron chi connectivity index (χ3n) is 3.67. The van der Waals surface area contributed by atoms with E-state index in [2.05, 4.69) is 5.32 Å². The fraction of sp³-hybridized carbons (Fsp3) is 0.300. The largest absolute Gasteiger partial charge is 0.493 e. The monoisotopic (exact) mass is 341 g/mol. The van der Waals surface area contributed by atoms with Gasteiger partial charge in [0.25, 0.3) is 5.91 Å². The second-order valence-corrected chi connectivity index (χ2v) is 5.58. The van der Waals surface area contributed by atoms with Gasteiger partial charge >= 0.3 is 5.97 Å². The van der Waals surface area contributed by atoms with Crippen LogP contribution in [0.15, 0.2) is 54.6 Å². The van der Waals surface area contributed by atoms with Crippen molar-refractivity contribution in [3.05, 3.63) is 65.7 Å². The zero-order valence-electron chi connectivity index (χ0n) is 14.5. The predicted octanol–water partition coefficient (Wildman–Crippen LogP) is 2.99. The third kappa shape index (κ3) is 5.35. The van der Waals surface area contributed by atoms with Crippen molar-refractivity contribution in [3.8, 4) is 5.75 Å². The molecule has 0 radical (unpaired) electrons. The van der Waals surface area contributed by atoms with Crippen LogP contribution >= 0.6 is 0 Å². The number of esters is 1. The highest BCUT2D eigenvalue weighted by molar-refractivity contribution is 5.99. The molecule has 0 aliphatic carbocycles. The molecule has 0 fully saturated rings. The minimum Gasteiger partial charge on any atom is -0.493 e. The Bertz CT molecular complexity index is 700. The number of nitrogens with one attached hydrogen (secondary N) is 1. The summed E-state index contributed by atoms with van der Waals surface area (Å²) in [7, 11) is 1.31. The maximum atomic E-state index is 12.7. The van der Waals surface area contributed by atoms with E-state index in [4.69, 9.17) is 9.47 Å². The van der Waals surface area contributed by atoms with Crippen molar-refractivity contribution in [3.63, 3.8) is 0 Å². The summed E-state index contributed by atoms with van der Waals surface area (Å²) in [6, 6.07) is 15.7. The van der Waals surface area contributed by atoms with Crippen LogP contribution in [0, 0.1) is 0 Å². The van der Waals surface area contributed by atoms with Crippen LogP contribution in [0.1, 0.15) is 29.3 Å². The van der Waals surface area contributed by atoms with Crippen LogP contribution in [0.3, 0.4) is 0 Å². The van der Waals surface area contributed by atoms with Crippen LogP contribution in [0.2, 0.25) is 0 Å². The molecule has 132 valence electrons. The van der Waals surface area contributed by atoms with Crippen LogP contribution in [0.4, 0.5) is 0 Å². The first-order valence-electron chi connectivity index (χ1n) is 8.30. The van der Waals surface area contributed by atoms with Gasteiger partial charge in [0.15, 0.2) is 0 Å². The molecule has 1 N–H and O–H groups in total. The van der Waals surface area contributed by atoms with Crippen LogP contribution in [-0.4, -0.2) is 31.6 Å². The first kappa shape index (κ1) is 18.5. The zero-order valence-corrected chi connectivity index (χ0v) is 14.5. The molecular weight excluding hydrogens is 318 g/mol. The summed E-state index contributed by atoms with van der Waals surface area (Å²) in [6.45, 7) is 2.52. The minimum atomic E-state index is -0.765. The molecule has 2 rings (SSSR count). The molecule has 0 aromatic heterocycles. The molecule has 25 heavy (non-hydrogen) atoms. The topological polar surface area (TPSA) is 64.6 Å². The van der Waals surface area contributed by atoms with Crippen LogP contribution in [-0.2, 0) is 16.0 Å². The average molecular weight is 341 g/mol. The van der Waals surface area contributed by atoms with Gasteiger partial charge in [0.2, 0.25) is 0 Å². The maximum Gasteiger partial charge on any atom is 0.328 e. The number of carbonyl (C=O) groups is 2. The van der Waals surface area contributed by atoms with Gasteiger partial charge in [0.1, 0.15) is 11.8 Å². The number of amides is 1. The molecule has 1 unspecified atom stereocenters. The Balaban J connectivity index is 2.15. The van der Waals surface area contributed by atoms with E-state index in [9.17, 15) is 9.59 Å². The number of para-hydroxylation sites is 1. The first-order chi connectivity index (χ1) is 12.2. The molecule has 2 aromatic carbocycles. The van der Waals surface area contributed by atoms with Gasteiger partial charge < -0.3 is 14.8 Å². The molecule has 0 aliphatic heterocycles. The molecule has 0 bridgehead atoms. The van der Waals surface area contributed by atoms with Crippen molar-refractivity contribution in [1.29, 1.82) is 0 Å². The standard InChI is InChI=1S/C20H23NO4/c1-3-13-25-18-12-8-7-11-16(18)19(22)21-17(20(23)24-2)14-15-9-5-4-6-10-15/h4-12,17H,3,13-14H2,1-2H3,(H,21,22). The number of hydrogen-bond donors (Lipinski definition) is 1. The van der Waals surface area contributed by atoms with E-state index in [0.29, 0.717) is 24.3 Å². The summed E-state index contributed by atoms with van der Waals surface area (Å²) in [5.41, 5.74) is 1.34. The van der Waals surface area contributed by atoms with E-state index in [1.165, 1.54) is 7.11 Å². The fourth-order valence-electron chi connectivity index (χ4n) is 2.41. The highest BCUT2D eigenvalue weighted by Crippen LogP contribution is 2.18. The van der Waals surface area contributed by atoms with Crippen molar-refractivity contribution in [1.82, 2.24) is 5.32 Å². The summed E-state index contributed by atoms with van der Waals surface area (Å²) in [5, 5.41) is 2.76. The van der Waals surface area contributed by atoms with E-state index < -0.39 is 12.0 Å². The van der Waals surface area contributed by atoms with E-state index in [1.54, 1.807) is 18.2 Å². The SMILES string of the molecule is CCCOc1ccccc1C(=O)NC(Cc1ccccc1)C(=O)OC. The molecule has 0 spiro atoms. The normalized spacial score (nSPS) is 11.4. The Kier molecular flexibility index (Phi) is 7.01.